The first-order chi connectivity index (χ1) is 7.19. The second kappa shape index (κ2) is 5.31. The Morgan fingerprint density at radius 2 is 2.40 bits per heavy atom. The topological polar surface area (TPSA) is 82.2 Å². The Morgan fingerprint density at radius 3 is 2.93 bits per heavy atom. The van der Waals surface area contributed by atoms with Crippen molar-refractivity contribution in [1.82, 2.24) is 10.3 Å². The van der Waals surface area contributed by atoms with E-state index in [1.54, 1.807) is 6.07 Å². The first kappa shape index (κ1) is 11.5. The molecule has 15 heavy (non-hydrogen) atoms. The zero-order valence-electron chi connectivity index (χ0n) is 8.49. The van der Waals surface area contributed by atoms with Crippen molar-refractivity contribution < 1.29 is 9.90 Å². The van der Waals surface area contributed by atoms with Crippen LogP contribution in [0.1, 0.15) is 23.7 Å². The highest BCUT2D eigenvalue weighted by molar-refractivity contribution is 5.93. The lowest BCUT2D eigenvalue weighted by atomic mass is 10.2. The minimum absolute atomic E-state index is 0.0596. The maximum Gasteiger partial charge on any atom is 0.260 e. The van der Waals surface area contributed by atoms with E-state index in [4.69, 9.17) is 5.11 Å². The maximum absolute atomic E-state index is 11.6. The van der Waals surface area contributed by atoms with Crippen molar-refractivity contribution in [1.29, 1.82) is 0 Å². The molecular weight excluding hydrogens is 196 g/mol. The van der Waals surface area contributed by atoms with Gasteiger partial charge in [-0.3, -0.25) is 9.59 Å². The Kier molecular flexibility index (Phi) is 4.05. The van der Waals surface area contributed by atoms with Crippen molar-refractivity contribution in [3.63, 3.8) is 0 Å². The van der Waals surface area contributed by atoms with Gasteiger partial charge in [-0.15, -0.1) is 0 Å². The van der Waals surface area contributed by atoms with Crippen molar-refractivity contribution in [2.75, 3.05) is 6.61 Å². The highest BCUT2D eigenvalue weighted by atomic mass is 16.3. The van der Waals surface area contributed by atoms with Gasteiger partial charge in [-0.25, -0.2) is 0 Å². The minimum Gasteiger partial charge on any atom is -0.394 e. The number of hydrogen-bond acceptors (Lipinski definition) is 3. The smallest absolute Gasteiger partial charge is 0.260 e. The molecule has 1 heterocycles. The number of carbonyl (C=O) groups excluding carboxylic acids is 1. The molecule has 1 amide bonds. The van der Waals surface area contributed by atoms with Crippen LogP contribution in [0.3, 0.4) is 0 Å². The van der Waals surface area contributed by atoms with Crippen LogP contribution in [0.4, 0.5) is 0 Å². The molecule has 0 radical (unpaired) electrons. The molecule has 5 nitrogen and oxygen atoms in total. The third kappa shape index (κ3) is 2.92. The molecule has 5 heteroatoms. The standard InChI is InChI=1S/C10H14N2O3/c1-2-7(6-13)12-10(15)8-4-3-5-11-9(8)14/h3-5,7,13H,2,6H2,1H3,(H,11,14)(H,12,15)/t7-/m0/s1. The van der Waals surface area contributed by atoms with Gasteiger partial charge in [0.2, 0.25) is 0 Å². The Balaban J connectivity index is 2.78. The van der Waals surface area contributed by atoms with Crippen molar-refractivity contribution in [3.05, 3.63) is 34.2 Å². The normalized spacial score (nSPS) is 12.1. The fourth-order valence-electron chi connectivity index (χ4n) is 1.14. The zero-order valence-corrected chi connectivity index (χ0v) is 8.49. The van der Waals surface area contributed by atoms with Crippen LogP contribution in [0, 0.1) is 0 Å². The Hall–Kier alpha value is -1.62. The molecule has 0 aromatic carbocycles. The first-order valence-corrected chi connectivity index (χ1v) is 4.78. The summed E-state index contributed by atoms with van der Waals surface area (Å²) < 4.78 is 0. The van der Waals surface area contributed by atoms with E-state index in [2.05, 4.69) is 10.3 Å². The molecule has 0 aliphatic rings. The zero-order chi connectivity index (χ0) is 11.3. The summed E-state index contributed by atoms with van der Waals surface area (Å²) in [5.74, 6) is -0.460. The lowest BCUT2D eigenvalue weighted by Crippen LogP contribution is -2.39. The molecule has 0 saturated heterocycles. The Labute approximate surface area is 87.1 Å². The van der Waals surface area contributed by atoms with Gasteiger partial charge >= 0.3 is 0 Å². The second-order valence-corrected chi connectivity index (χ2v) is 3.17. The molecule has 0 aliphatic heterocycles. The minimum atomic E-state index is -0.460. The van der Waals surface area contributed by atoms with Crippen LogP contribution in [-0.4, -0.2) is 28.6 Å². The molecule has 0 unspecified atom stereocenters. The van der Waals surface area contributed by atoms with Crippen molar-refractivity contribution in [2.45, 2.75) is 19.4 Å². The van der Waals surface area contributed by atoms with E-state index in [1.165, 1.54) is 12.3 Å². The van der Waals surface area contributed by atoms with Gasteiger partial charge in [0.15, 0.2) is 0 Å². The molecule has 0 saturated carbocycles. The van der Waals surface area contributed by atoms with E-state index in [0.717, 1.165) is 0 Å². The summed E-state index contributed by atoms with van der Waals surface area (Å²) in [6.07, 6.45) is 2.08. The lowest BCUT2D eigenvalue weighted by Gasteiger charge is -2.13. The predicted octanol–water partition coefficient (Wildman–Crippen LogP) is -0.124. The first-order valence-electron chi connectivity index (χ1n) is 4.78. The number of carbonyl (C=O) groups is 1. The van der Waals surface area contributed by atoms with Gasteiger partial charge < -0.3 is 15.4 Å². The number of aliphatic hydroxyl groups is 1. The fraction of sp³-hybridized carbons (Fsp3) is 0.400. The fourth-order valence-corrected chi connectivity index (χ4v) is 1.14. The molecule has 1 rings (SSSR count). The number of aliphatic hydroxyl groups excluding tert-OH is 1. The van der Waals surface area contributed by atoms with Crippen LogP contribution in [-0.2, 0) is 0 Å². The quantitative estimate of drug-likeness (QED) is 0.647. The van der Waals surface area contributed by atoms with E-state index in [0.29, 0.717) is 6.42 Å². The number of pyridine rings is 1. The van der Waals surface area contributed by atoms with E-state index in [1.807, 2.05) is 6.92 Å². The predicted molar refractivity (Wildman–Crippen MR) is 55.7 cm³/mol. The Bertz CT molecular complexity index is 382. The molecular formula is C10H14N2O3. The third-order valence-corrected chi connectivity index (χ3v) is 2.11. The van der Waals surface area contributed by atoms with Gasteiger partial charge in [0.05, 0.1) is 12.6 Å². The van der Waals surface area contributed by atoms with Gasteiger partial charge in [-0.05, 0) is 18.6 Å². The van der Waals surface area contributed by atoms with Gasteiger partial charge in [-0.2, -0.15) is 0 Å². The summed E-state index contributed by atoms with van der Waals surface area (Å²) in [4.78, 5) is 25.2. The highest BCUT2D eigenvalue weighted by Gasteiger charge is 2.13. The summed E-state index contributed by atoms with van der Waals surface area (Å²) in [5, 5.41) is 11.5. The van der Waals surface area contributed by atoms with E-state index < -0.39 is 11.5 Å². The van der Waals surface area contributed by atoms with E-state index in [-0.39, 0.29) is 18.2 Å². The van der Waals surface area contributed by atoms with Crippen LogP contribution >= 0.6 is 0 Å². The van der Waals surface area contributed by atoms with Crippen LogP contribution < -0.4 is 10.9 Å². The van der Waals surface area contributed by atoms with Crippen molar-refractivity contribution in [3.8, 4) is 0 Å². The number of hydrogen-bond donors (Lipinski definition) is 3. The number of amides is 1. The molecule has 1 aromatic rings. The molecule has 0 spiro atoms. The van der Waals surface area contributed by atoms with Gasteiger partial charge in [-0.1, -0.05) is 6.92 Å². The summed E-state index contributed by atoms with van der Waals surface area (Å²) in [7, 11) is 0. The molecule has 82 valence electrons. The molecule has 0 fully saturated rings. The van der Waals surface area contributed by atoms with Crippen molar-refractivity contribution in [2.24, 2.45) is 0 Å². The second-order valence-electron chi connectivity index (χ2n) is 3.17. The number of H-pyrrole nitrogens is 1. The van der Waals surface area contributed by atoms with E-state index in [9.17, 15) is 9.59 Å². The Morgan fingerprint density at radius 1 is 1.67 bits per heavy atom. The third-order valence-electron chi connectivity index (χ3n) is 2.11. The summed E-state index contributed by atoms with van der Waals surface area (Å²) in [6, 6.07) is 2.71. The van der Waals surface area contributed by atoms with Crippen LogP contribution in [0.25, 0.3) is 0 Å². The lowest BCUT2D eigenvalue weighted by molar-refractivity contribution is 0.0913. The summed E-state index contributed by atoms with van der Waals surface area (Å²) >= 11 is 0. The molecule has 0 aliphatic carbocycles. The monoisotopic (exact) mass is 210 g/mol. The highest BCUT2D eigenvalue weighted by Crippen LogP contribution is 1.94. The van der Waals surface area contributed by atoms with Gasteiger partial charge in [0.25, 0.3) is 11.5 Å². The SMILES string of the molecule is CC[C@@H](CO)NC(=O)c1ccc[nH]c1=O. The van der Waals surface area contributed by atoms with Gasteiger partial charge in [0.1, 0.15) is 5.56 Å². The summed E-state index contributed by atoms with van der Waals surface area (Å²) in [5.41, 5.74) is -0.368. The summed E-state index contributed by atoms with van der Waals surface area (Å²) in [6.45, 7) is 1.71. The largest absolute Gasteiger partial charge is 0.394 e. The van der Waals surface area contributed by atoms with E-state index >= 15 is 0 Å². The maximum atomic E-state index is 11.6. The number of nitrogens with one attached hydrogen (secondary N) is 2. The average molecular weight is 210 g/mol. The molecule has 1 aromatic heterocycles. The average Bonchev–Trinajstić information content (AvgIpc) is 2.26. The number of aromatic amines is 1. The van der Waals surface area contributed by atoms with Crippen LogP contribution in [0.15, 0.2) is 23.1 Å². The molecule has 0 bridgehead atoms. The number of aromatic nitrogens is 1. The van der Waals surface area contributed by atoms with Crippen molar-refractivity contribution >= 4 is 5.91 Å². The van der Waals surface area contributed by atoms with Gasteiger partial charge in [0, 0.05) is 6.20 Å². The molecule has 3 N–H and O–H groups in total. The van der Waals surface area contributed by atoms with Crippen LogP contribution in [0.2, 0.25) is 0 Å². The molecule has 1 atom stereocenters. The number of rotatable bonds is 4. The van der Waals surface area contributed by atoms with Crippen LogP contribution in [0.5, 0.6) is 0 Å².